The van der Waals surface area contributed by atoms with Gasteiger partial charge in [0.2, 0.25) is 0 Å². The largest absolute Gasteiger partial charge is 0.324 e. The van der Waals surface area contributed by atoms with E-state index in [4.69, 9.17) is 17.3 Å². The second kappa shape index (κ2) is 5.94. The Kier molecular flexibility index (Phi) is 4.19. The van der Waals surface area contributed by atoms with Gasteiger partial charge < -0.3 is 5.73 Å². The number of benzene rings is 2. The van der Waals surface area contributed by atoms with Gasteiger partial charge in [-0.15, -0.1) is 0 Å². The Labute approximate surface area is 142 Å². The fraction of sp³-hybridized carbons (Fsp3) is 0.188. The number of para-hydroxylation sites is 1. The Hall–Kier alpha value is -1.11. The molecule has 1 atom stereocenters. The molecule has 5 heteroatoms. The van der Waals surface area contributed by atoms with Gasteiger partial charge in [0.15, 0.2) is 0 Å². The maximum Gasteiger partial charge on any atom is 0.0722 e. The summed E-state index contributed by atoms with van der Waals surface area (Å²) in [5, 5.41) is 6.48. The van der Waals surface area contributed by atoms with E-state index in [2.05, 4.69) is 39.8 Å². The number of halogens is 2. The van der Waals surface area contributed by atoms with Crippen molar-refractivity contribution in [1.29, 1.82) is 0 Å². The fourth-order valence-electron chi connectivity index (χ4n) is 2.56. The highest BCUT2D eigenvalue weighted by atomic mass is 127. The molecule has 2 aromatic carbocycles. The summed E-state index contributed by atoms with van der Waals surface area (Å²) in [6, 6.07) is 13.9. The second-order valence-electron chi connectivity index (χ2n) is 5.06. The molecule has 0 bridgehead atoms. The average molecular weight is 412 g/mol. The number of fused-ring (bicyclic) bond motifs is 1. The van der Waals surface area contributed by atoms with Crippen molar-refractivity contribution in [1.82, 2.24) is 9.78 Å². The molecular formula is C16H15ClIN3. The SMILES string of the molecule is Cn1nc(CC(N)c2cc(Cl)ccc2I)c2ccccc21. The molecule has 3 rings (SSSR count). The molecule has 0 saturated heterocycles. The Bertz CT molecular complexity index is 797. The van der Waals surface area contributed by atoms with Crippen molar-refractivity contribution >= 4 is 45.1 Å². The summed E-state index contributed by atoms with van der Waals surface area (Å²) >= 11 is 8.38. The highest BCUT2D eigenvalue weighted by Gasteiger charge is 2.15. The minimum atomic E-state index is -0.117. The van der Waals surface area contributed by atoms with Crippen molar-refractivity contribution in [3.8, 4) is 0 Å². The lowest BCUT2D eigenvalue weighted by atomic mass is 10.0. The lowest BCUT2D eigenvalue weighted by Gasteiger charge is -2.13. The van der Waals surface area contributed by atoms with E-state index < -0.39 is 0 Å². The molecule has 21 heavy (non-hydrogen) atoms. The predicted octanol–water partition coefficient (Wildman–Crippen LogP) is 4.07. The zero-order valence-corrected chi connectivity index (χ0v) is 14.5. The van der Waals surface area contributed by atoms with Gasteiger partial charge in [0.25, 0.3) is 0 Å². The van der Waals surface area contributed by atoms with Crippen LogP contribution in [0.3, 0.4) is 0 Å². The van der Waals surface area contributed by atoms with Crippen LogP contribution in [0.15, 0.2) is 42.5 Å². The van der Waals surface area contributed by atoms with Crippen LogP contribution in [0, 0.1) is 3.57 Å². The quantitative estimate of drug-likeness (QED) is 0.660. The maximum absolute atomic E-state index is 6.38. The van der Waals surface area contributed by atoms with E-state index in [-0.39, 0.29) is 6.04 Å². The topological polar surface area (TPSA) is 43.8 Å². The van der Waals surface area contributed by atoms with E-state index in [1.165, 1.54) is 0 Å². The molecule has 0 saturated carbocycles. The van der Waals surface area contributed by atoms with Crippen LogP contribution in [-0.2, 0) is 13.5 Å². The number of nitrogens with zero attached hydrogens (tertiary/aromatic N) is 2. The molecule has 1 heterocycles. The van der Waals surface area contributed by atoms with E-state index >= 15 is 0 Å². The molecule has 0 spiro atoms. The van der Waals surface area contributed by atoms with Gasteiger partial charge in [-0.3, -0.25) is 4.68 Å². The summed E-state index contributed by atoms with van der Waals surface area (Å²) < 4.78 is 3.03. The smallest absolute Gasteiger partial charge is 0.0722 e. The normalized spacial score (nSPS) is 12.8. The lowest BCUT2D eigenvalue weighted by molar-refractivity contribution is 0.680. The maximum atomic E-state index is 6.38. The number of aromatic nitrogens is 2. The second-order valence-corrected chi connectivity index (χ2v) is 6.66. The molecule has 1 unspecified atom stereocenters. The highest BCUT2D eigenvalue weighted by Crippen LogP contribution is 2.27. The van der Waals surface area contributed by atoms with Gasteiger partial charge in [0.1, 0.15) is 0 Å². The van der Waals surface area contributed by atoms with Gasteiger partial charge in [-0.25, -0.2) is 0 Å². The van der Waals surface area contributed by atoms with Crippen molar-refractivity contribution in [2.24, 2.45) is 12.8 Å². The Morgan fingerprint density at radius 1 is 1.29 bits per heavy atom. The van der Waals surface area contributed by atoms with Gasteiger partial charge in [-0.05, 0) is 52.4 Å². The minimum absolute atomic E-state index is 0.117. The number of hydrogen-bond donors (Lipinski definition) is 1. The number of aryl methyl sites for hydroxylation is 1. The van der Waals surface area contributed by atoms with Gasteiger partial charge in [0.05, 0.1) is 11.2 Å². The van der Waals surface area contributed by atoms with Gasteiger partial charge in [0, 0.05) is 33.5 Å². The summed E-state index contributed by atoms with van der Waals surface area (Å²) in [4.78, 5) is 0. The third-order valence-electron chi connectivity index (χ3n) is 3.61. The molecule has 0 aliphatic rings. The van der Waals surface area contributed by atoms with Gasteiger partial charge >= 0.3 is 0 Å². The predicted molar refractivity (Wildman–Crippen MR) is 95.5 cm³/mol. The fourth-order valence-corrected chi connectivity index (χ4v) is 3.47. The Balaban J connectivity index is 1.96. The third kappa shape index (κ3) is 2.93. The van der Waals surface area contributed by atoms with Crippen LogP contribution < -0.4 is 5.73 Å². The zero-order chi connectivity index (χ0) is 15.0. The summed E-state index contributed by atoms with van der Waals surface area (Å²) in [5.41, 5.74) is 9.60. The first-order valence-corrected chi connectivity index (χ1v) is 8.13. The van der Waals surface area contributed by atoms with E-state index in [0.717, 1.165) is 25.7 Å². The molecule has 3 aromatic rings. The molecule has 3 nitrogen and oxygen atoms in total. The number of nitrogens with two attached hydrogens (primary N) is 1. The van der Waals surface area contributed by atoms with Crippen LogP contribution in [-0.4, -0.2) is 9.78 Å². The number of hydrogen-bond acceptors (Lipinski definition) is 2. The minimum Gasteiger partial charge on any atom is -0.324 e. The highest BCUT2D eigenvalue weighted by molar-refractivity contribution is 14.1. The Morgan fingerprint density at radius 2 is 2.05 bits per heavy atom. The zero-order valence-electron chi connectivity index (χ0n) is 11.6. The Morgan fingerprint density at radius 3 is 2.86 bits per heavy atom. The van der Waals surface area contributed by atoms with E-state index in [0.29, 0.717) is 11.4 Å². The molecule has 0 fully saturated rings. The van der Waals surface area contributed by atoms with E-state index in [9.17, 15) is 0 Å². The van der Waals surface area contributed by atoms with E-state index in [1.807, 2.05) is 42.1 Å². The standard InChI is InChI=1S/C16H15ClIN3/c1-21-16-5-3-2-4-11(16)15(20-21)9-14(19)12-8-10(17)6-7-13(12)18/h2-8,14H,9,19H2,1H3. The van der Waals surface area contributed by atoms with Crippen LogP contribution in [0.1, 0.15) is 17.3 Å². The first-order valence-electron chi connectivity index (χ1n) is 6.67. The molecule has 1 aromatic heterocycles. The number of rotatable bonds is 3. The van der Waals surface area contributed by atoms with Crippen molar-refractivity contribution in [2.45, 2.75) is 12.5 Å². The van der Waals surface area contributed by atoms with Crippen LogP contribution in [0.5, 0.6) is 0 Å². The van der Waals surface area contributed by atoms with Crippen molar-refractivity contribution in [3.05, 3.63) is 62.3 Å². The molecule has 0 amide bonds. The third-order valence-corrected chi connectivity index (χ3v) is 4.82. The van der Waals surface area contributed by atoms with Crippen molar-refractivity contribution in [3.63, 3.8) is 0 Å². The van der Waals surface area contributed by atoms with Crippen LogP contribution >= 0.6 is 34.2 Å². The monoisotopic (exact) mass is 411 g/mol. The molecular weight excluding hydrogens is 397 g/mol. The van der Waals surface area contributed by atoms with Crippen LogP contribution in [0.4, 0.5) is 0 Å². The summed E-state index contributed by atoms with van der Waals surface area (Å²) in [6.07, 6.45) is 0.692. The van der Waals surface area contributed by atoms with Crippen molar-refractivity contribution in [2.75, 3.05) is 0 Å². The molecule has 2 N–H and O–H groups in total. The van der Waals surface area contributed by atoms with Crippen molar-refractivity contribution < 1.29 is 0 Å². The first-order chi connectivity index (χ1) is 10.1. The van der Waals surface area contributed by atoms with Gasteiger partial charge in [-0.1, -0.05) is 29.8 Å². The van der Waals surface area contributed by atoms with Gasteiger partial charge in [-0.2, -0.15) is 5.10 Å². The average Bonchev–Trinajstić information content (AvgIpc) is 2.78. The van der Waals surface area contributed by atoms with Crippen LogP contribution in [0.2, 0.25) is 5.02 Å². The summed E-state index contributed by atoms with van der Waals surface area (Å²) in [6.45, 7) is 0. The van der Waals surface area contributed by atoms with E-state index in [1.54, 1.807) is 0 Å². The summed E-state index contributed by atoms with van der Waals surface area (Å²) in [5.74, 6) is 0. The summed E-state index contributed by atoms with van der Waals surface area (Å²) in [7, 11) is 1.96. The lowest BCUT2D eigenvalue weighted by Crippen LogP contribution is -2.15. The molecule has 0 aliphatic heterocycles. The molecule has 0 radical (unpaired) electrons. The first kappa shape index (κ1) is 14.8. The molecule has 108 valence electrons. The van der Waals surface area contributed by atoms with Crippen LogP contribution in [0.25, 0.3) is 10.9 Å². The molecule has 0 aliphatic carbocycles.